The lowest BCUT2D eigenvalue weighted by atomic mass is 9.98. The summed E-state index contributed by atoms with van der Waals surface area (Å²) in [5, 5.41) is 9.24. The van der Waals surface area contributed by atoms with Gasteiger partial charge in [0.25, 0.3) is 0 Å². The number of rotatable bonds is 4. The summed E-state index contributed by atoms with van der Waals surface area (Å²) in [4.78, 5) is 15.9. The molecule has 0 aromatic heterocycles. The summed E-state index contributed by atoms with van der Waals surface area (Å²) >= 11 is 0. The Morgan fingerprint density at radius 3 is 2.88 bits per heavy atom. The molecule has 0 bridgehead atoms. The van der Waals surface area contributed by atoms with Crippen molar-refractivity contribution in [1.82, 2.24) is 9.80 Å². The van der Waals surface area contributed by atoms with Crippen LogP contribution in [0.2, 0.25) is 0 Å². The number of aliphatic carboxylic acids is 1. The number of nitrogens with zero attached hydrogens (tertiary/aromatic N) is 2. The molecule has 0 aliphatic carbocycles. The molecule has 0 aromatic carbocycles. The number of nitrogens with two attached hydrogens (primary N) is 1. The maximum absolute atomic E-state index is 11.2. The van der Waals surface area contributed by atoms with Crippen molar-refractivity contribution >= 4 is 5.97 Å². The average Bonchev–Trinajstić information content (AvgIpc) is 2.35. The van der Waals surface area contributed by atoms with Crippen molar-refractivity contribution in [2.45, 2.75) is 37.8 Å². The van der Waals surface area contributed by atoms with Crippen LogP contribution in [0.5, 0.6) is 0 Å². The molecule has 5 heteroatoms. The molecule has 2 aliphatic heterocycles. The van der Waals surface area contributed by atoms with Gasteiger partial charge < -0.3 is 10.8 Å². The zero-order valence-electron chi connectivity index (χ0n) is 10.3. The van der Waals surface area contributed by atoms with Crippen molar-refractivity contribution in [2.24, 2.45) is 5.73 Å². The van der Waals surface area contributed by atoms with E-state index in [-0.39, 0.29) is 6.04 Å². The van der Waals surface area contributed by atoms with Gasteiger partial charge in [0, 0.05) is 25.7 Å². The van der Waals surface area contributed by atoms with Crippen LogP contribution >= 0.6 is 0 Å². The quantitative estimate of drug-likeness (QED) is 0.722. The first-order chi connectivity index (χ1) is 8.22. The minimum atomic E-state index is -0.722. The lowest BCUT2D eigenvalue weighted by molar-refractivity contribution is -0.145. The lowest BCUT2D eigenvalue weighted by Crippen LogP contribution is -2.58. The second-order valence-electron chi connectivity index (χ2n) is 5.11. The second-order valence-corrected chi connectivity index (χ2v) is 5.11. The number of carboxylic acid groups (broad SMARTS) is 1. The van der Waals surface area contributed by atoms with E-state index in [2.05, 4.69) is 9.80 Å². The van der Waals surface area contributed by atoms with E-state index in [1.807, 2.05) is 0 Å². The molecule has 2 atom stereocenters. The van der Waals surface area contributed by atoms with Crippen LogP contribution in [0, 0.1) is 0 Å². The minimum absolute atomic E-state index is 0.385. The number of fused-ring (bicyclic) bond motifs is 1. The van der Waals surface area contributed by atoms with Gasteiger partial charge in [0.05, 0.1) is 0 Å². The molecule has 5 nitrogen and oxygen atoms in total. The SMILES string of the molecule is NCCC(C(=O)O)N1CCN2CCCCC2C1. The first-order valence-electron chi connectivity index (χ1n) is 6.63. The number of hydrogen-bond donors (Lipinski definition) is 2. The fourth-order valence-electron chi connectivity index (χ4n) is 3.08. The third-order valence-corrected chi connectivity index (χ3v) is 4.03. The van der Waals surface area contributed by atoms with Crippen molar-refractivity contribution in [1.29, 1.82) is 0 Å². The molecule has 2 fully saturated rings. The Hall–Kier alpha value is -0.650. The summed E-state index contributed by atoms with van der Waals surface area (Å²) < 4.78 is 0. The third-order valence-electron chi connectivity index (χ3n) is 4.03. The minimum Gasteiger partial charge on any atom is -0.480 e. The molecule has 0 spiro atoms. The van der Waals surface area contributed by atoms with Crippen LogP contribution in [0.4, 0.5) is 0 Å². The maximum Gasteiger partial charge on any atom is 0.320 e. The van der Waals surface area contributed by atoms with Crippen molar-refractivity contribution in [2.75, 3.05) is 32.7 Å². The summed E-state index contributed by atoms with van der Waals surface area (Å²) in [5.74, 6) is -0.722. The Balaban J connectivity index is 1.95. The molecular weight excluding hydrogens is 218 g/mol. The molecule has 2 aliphatic rings. The summed E-state index contributed by atoms with van der Waals surface area (Å²) in [7, 11) is 0. The molecule has 98 valence electrons. The van der Waals surface area contributed by atoms with Crippen LogP contribution in [0.1, 0.15) is 25.7 Å². The first kappa shape index (κ1) is 12.8. The molecular formula is C12H23N3O2. The Labute approximate surface area is 103 Å². The van der Waals surface area contributed by atoms with Gasteiger partial charge in [-0.1, -0.05) is 6.42 Å². The number of carbonyl (C=O) groups is 1. The van der Waals surface area contributed by atoms with Crippen LogP contribution in [-0.2, 0) is 4.79 Å². The second kappa shape index (κ2) is 5.80. The molecule has 2 unspecified atom stereocenters. The number of piperidine rings is 1. The van der Waals surface area contributed by atoms with E-state index in [9.17, 15) is 9.90 Å². The van der Waals surface area contributed by atoms with Gasteiger partial charge in [0.15, 0.2) is 0 Å². The number of piperazine rings is 1. The average molecular weight is 241 g/mol. The zero-order valence-corrected chi connectivity index (χ0v) is 10.3. The monoisotopic (exact) mass is 241 g/mol. The van der Waals surface area contributed by atoms with Crippen LogP contribution in [0.3, 0.4) is 0 Å². The van der Waals surface area contributed by atoms with Gasteiger partial charge in [0.2, 0.25) is 0 Å². The van der Waals surface area contributed by atoms with Crippen LogP contribution in [-0.4, -0.2) is 65.7 Å². The predicted molar refractivity (Wildman–Crippen MR) is 65.9 cm³/mol. The summed E-state index contributed by atoms with van der Waals surface area (Å²) in [5.41, 5.74) is 5.51. The van der Waals surface area contributed by atoms with Crippen molar-refractivity contribution < 1.29 is 9.90 Å². The number of hydrogen-bond acceptors (Lipinski definition) is 4. The molecule has 3 N–H and O–H groups in total. The van der Waals surface area contributed by atoms with E-state index in [0.29, 0.717) is 19.0 Å². The van der Waals surface area contributed by atoms with Gasteiger partial charge in [-0.15, -0.1) is 0 Å². The van der Waals surface area contributed by atoms with Crippen molar-refractivity contribution in [3.63, 3.8) is 0 Å². The predicted octanol–water partition coefficient (Wildman–Crippen LogP) is -0.0415. The summed E-state index contributed by atoms with van der Waals surface area (Å²) in [6, 6.07) is 0.182. The fraction of sp³-hybridized carbons (Fsp3) is 0.917. The molecule has 0 radical (unpaired) electrons. The van der Waals surface area contributed by atoms with Gasteiger partial charge in [0.1, 0.15) is 6.04 Å². The topological polar surface area (TPSA) is 69.8 Å². The molecule has 0 aromatic rings. The molecule has 2 saturated heterocycles. The van der Waals surface area contributed by atoms with Crippen LogP contribution in [0.25, 0.3) is 0 Å². The Morgan fingerprint density at radius 1 is 1.35 bits per heavy atom. The molecule has 2 rings (SSSR count). The van der Waals surface area contributed by atoms with E-state index in [4.69, 9.17) is 5.73 Å². The highest BCUT2D eigenvalue weighted by Crippen LogP contribution is 2.22. The Bertz CT molecular complexity index is 272. The van der Waals surface area contributed by atoms with Gasteiger partial charge in [-0.2, -0.15) is 0 Å². The highest BCUT2D eigenvalue weighted by atomic mass is 16.4. The standard InChI is InChI=1S/C12H23N3O2/c13-5-4-11(12(16)17)15-8-7-14-6-2-1-3-10(14)9-15/h10-11H,1-9,13H2,(H,16,17). The normalized spacial score (nSPS) is 28.6. The molecule has 0 saturated carbocycles. The van der Waals surface area contributed by atoms with Gasteiger partial charge in [-0.3, -0.25) is 14.6 Å². The van der Waals surface area contributed by atoms with Gasteiger partial charge in [-0.25, -0.2) is 0 Å². The van der Waals surface area contributed by atoms with Crippen molar-refractivity contribution in [3.05, 3.63) is 0 Å². The van der Waals surface area contributed by atoms with Crippen LogP contribution in [0.15, 0.2) is 0 Å². The first-order valence-corrected chi connectivity index (χ1v) is 6.63. The van der Waals surface area contributed by atoms with E-state index in [1.165, 1.54) is 25.8 Å². The zero-order chi connectivity index (χ0) is 12.3. The van der Waals surface area contributed by atoms with Crippen LogP contribution < -0.4 is 5.73 Å². The number of carboxylic acids is 1. The van der Waals surface area contributed by atoms with Gasteiger partial charge >= 0.3 is 5.97 Å². The van der Waals surface area contributed by atoms with E-state index < -0.39 is 5.97 Å². The van der Waals surface area contributed by atoms with E-state index in [1.54, 1.807) is 0 Å². The summed E-state index contributed by atoms with van der Waals surface area (Å²) in [6.45, 7) is 4.42. The smallest absolute Gasteiger partial charge is 0.320 e. The Morgan fingerprint density at radius 2 is 2.18 bits per heavy atom. The highest BCUT2D eigenvalue weighted by molar-refractivity contribution is 5.73. The highest BCUT2D eigenvalue weighted by Gasteiger charge is 2.34. The maximum atomic E-state index is 11.2. The largest absolute Gasteiger partial charge is 0.480 e. The lowest BCUT2D eigenvalue weighted by Gasteiger charge is -2.45. The van der Waals surface area contributed by atoms with Gasteiger partial charge in [-0.05, 0) is 32.4 Å². The van der Waals surface area contributed by atoms with E-state index in [0.717, 1.165) is 19.6 Å². The Kier molecular flexibility index (Phi) is 4.36. The molecule has 17 heavy (non-hydrogen) atoms. The molecule has 0 amide bonds. The van der Waals surface area contributed by atoms with Crippen molar-refractivity contribution in [3.8, 4) is 0 Å². The van der Waals surface area contributed by atoms with E-state index >= 15 is 0 Å². The molecule has 2 heterocycles. The fourth-order valence-corrected chi connectivity index (χ4v) is 3.08. The summed E-state index contributed by atoms with van der Waals surface area (Å²) in [6.07, 6.45) is 4.35. The third kappa shape index (κ3) is 2.97.